The molecule has 1 amide bonds. The van der Waals surface area contributed by atoms with Gasteiger partial charge < -0.3 is 4.74 Å². The van der Waals surface area contributed by atoms with Crippen molar-refractivity contribution in [2.75, 3.05) is 12.4 Å². The molecule has 0 saturated heterocycles. The molecule has 0 aliphatic carbocycles. The number of anilines is 1. The number of H-pyrrole nitrogens is 1. The molecule has 2 heterocycles. The summed E-state index contributed by atoms with van der Waals surface area (Å²) in [5.74, 6) is 0.981. The van der Waals surface area contributed by atoms with Crippen LogP contribution < -0.4 is 5.32 Å². The molecule has 0 spiro atoms. The molecule has 2 aromatic rings. The molecular formula is C13H19N5O2S. The van der Waals surface area contributed by atoms with E-state index in [1.54, 1.807) is 14.0 Å². The standard InChI is InChI=1S/C13H19N5O2S/c1-6(2)10-15-13(18-17-10)16-11(19)9-7(3)14-12(21-9)8(4)20-5/h6,8H,1-5H3,(H2,15,16,17,18,19)/t8-/m1/s1. The Kier molecular flexibility index (Phi) is 4.69. The van der Waals surface area contributed by atoms with Gasteiger partial charge in [-0.05, 0) is 13.8 Å². The zero-order valence-corrected chi connectivity index (χ0v) is 13.5. The van der Waals surface area contributed by atoms with E-state index in [1.165, 1.54) is 11.3 Å². The molecule has 7 nitrogen and oxygen atoms in total. The van der Waals surface area contributed by atoms with Gasteiger partial charge in [-0.2, -0.15) is 4.98 Å². The van der Waals surface area contributed by atoms with Gasteiger partial charge >= 0.3 is 0 Å². The molecule has 0 bridgehead atoms. The Balaban J connectivity index is 2.14. The van der Waals surface area contributed by atoms with Crippen molar-refractivity contribution in [1.29, 1.82) is 0 Å². The Labute approximate surface area is 127 Å². The number of nitrogens with zero attached hydrogens (tertiary/aromatic N) is 3. The highest BCUT2D eigenvalue weighted by molar-refractivity contribution is 7.14. The first-order valence-corrected chi connectivity index (χ1v) is 7.47. The molecule has 0 radical (unpaired) electrons. The van der Waals surface area contributed by atoms with Crippen LogP contribution >= 0.6 is 11.3 Å². The monoisotopic (exact) mass is 309 g/mol. The molecule has 0 unspecified atom stereocenters. The van der Waals surface area contributed by atoms with Gasteiger partial charge in [0.15, 0.2) is 0 Å². The quantitative estimate of drug-likeness (QED) is 0.885. The molecular weight excluding hydrogens is 290 g/mol. The Morgan fingerprint density at radius 2 is 2.05 bits per heavy atom. The number of thiazole rings is 1. The zero-order valence-electron chi connectivity index (χ0n) is 12.7. The lowest BCUT2D eigenvalue weighted by Crippen LogP contribution is -2.12. The first-order valence-electron chi connectivity index (χ1n) is 6.66. The molecule has 0 aliphatic heterocycles. The maximum absolute atomic E-state index is 12.3. The number of nitrogens with one attached hydrogen (secondary N) is 2. The highest BCUT2D eigenvalue weighted by atomic mass is 32.1. The Bertz CT molecular complexity index is 634. The van der Waals surface area contributed by atoms with E-state index in [2.05, 4.69) is 25.5 Å². The number of hydrogen-bond acceptors (Lipinski definition) is 6. The van der Waals surface area contributed by atoms with Gasteiger partial charge in [-0.15, -0.1) is 16.4 Å². The highest BCUT2D eigenvalue weighted by Crippen LogP contribution is 2.25. The van der Waals surface area contributed by atoms with Crippen LogP contribution in [0.1, 0.15) is 59.0 Å². The van der Waals surface area contributed by atoms with Crippen molar-refractivity contribution >= 4 is 23.2 Å². The number of amides is 1. The first kappa shape index (κ1) is 15.6. The Hall–Kier alpha value is -1.80. The van der Waals surface area contributed by atoms with Crippen LogP contribution in [0.2, 0.25) is 0 Å². The van der Waals surface area contributed by atoms with Crippen LogP contribution in [0.25, 0.3) is 0 Å². The van der Waals surface area contributed by atoms with E-state index in [0.717, 1.165) is 10.8 Å². The molecule has 0 saturated carbocycles. The number of aromatic amines is 1. The fraction of sp³-hybridized carbons (Fsp3) is 0.538. The number of ether oxygens (including phenoxy) is 1. The van der Waals surface area contributed by atoms with Crippen molar-refractivity contribution in [3.8, 4) is 0 Å². The van der Waals surface area contributed by atoms with Crippen LogP contribution in [0.15, 0.2) is 0 Å². The number of aromatic nitrogens is 4. The smallest absolute Gasteiger partial charge is 0.270 e. The van der Waals surface area contributed by atoms with Gasteiger partial charge in [0.1, 0.15) is 21.8 Å². The second-order valence-electron chi connectivity index (χ2n) is 5.00. The topological polar surface area (TPSA) is 92.8 Å². The summed E-state index contributed by atoms with van der Waals surface area (Å²) in [5.41, 5.74) is 0.677. The van der Waals surface area contributed by atoms with Crippen molar-refractivity contribution in [2.24, 2.45) is 0 Å². The summed E-state index contributed by atoms with van der Waals surface area (Å²) >= 11 is 1.32. The van der Waals surface area contributed by atoms with Crippen LogP contribution in [0.4, 0.5) is 5.95 Å². The summed E-state index contributed by atoms with van der Waals surface area (Å²) in [6.45, 7) is 7.69. The van der Waals surface area contributed by atoms with Gasteiger partial charge in [-0.1, -0.05) is 13.8 Å². The highest BCUT2D eigenvalue weighted by Gasteiger charge is 2.19. The Morgan fingerprint density at radius 1 is 1.33 bits per heavy atom. The maximum Gasteiger partial charge on any atom is 0.270 e. The lowest BCUT2D eigenvalue weighted by molar-refractivity contribution is 0.102. The molecule has 8 heteroatoms. The number of hydrogen-bond donors (Lipinski definition) is 2. The van der Waals surface area contributed by atoms with E-state index >= 15 is 0 Å². The summed E-state index contributed by atoms with van der Waals surface area (Å²) in [5, 5.41) is 10.2. The number of rotatable bonds is 5. The third-order valence-corrected chi connectivity index (χ3v) is 4.31. The molecule has 0 fully saturated rings. The molecule has 0 aliphatic rings. The summed E-state index contributed by atoms with van der Waals surface area (Å²) in [6, 6.07) is 0. The fourth-order valence-corrected chi connectivity index (χ4v) is 2.64. The second kappa shape index (κ2) is 6.31. The number of methoxy groups -OCH3 is 1. The van der Waals surface area contributed by atoms with Gasteiger partial charge in [-0.25, -0.2) is 4.98 Å². The minimum Gasteiger partial charge on any atom is -0.375 e. The van der Waals surface area contributed by atoms with Crippen molar-refractivity contribution in [3.63, 3.8) is 0 Å². The van der Waals surface area contributed by atoms with E-state index < -0.39 is 0 Å². The zero-order chi connectivity index (χ0) is 15.6. The summed E-state index contributed by atoms with van der Waals surface area (Å²) in [7, 11) is 1.61. The van der Waals surface area contributed by atoms with Crippen LogP contribution in [0.3, 0.4) is 0 Å². The van der Waals surface area contributed by atoms with Crippen molar-refractivity contribution in [2.45, 2.75) is 39.7 Å². The van der Waals surface area contributed by atoms with Crippen molar-refractivity contribution in [3.05, 3.63) is 21.4 Å². The molecule has 2 aromatic heterocycles. The second-order valence-corrected chi connectivity index (χ2v) is 6.03. The number of carbonyl (C=O) groups is 1. The minimum absolute atomic E-state index is 0.133. The van der Waals surface area contributed by atoms with E-state index in [9.17, 15) is 4.79 Å². The lowest BCUT2D eigenvalue weighted by Gasteiger charge is -2.03. The van der Waals surface area contributed by atoms with Gasteiger partial charge in [0.25, 0.3) is 5.91 Å². The largest absolute Gasteiger partial charge is 0.375 e. The third-order valence-electron chi connectivity index (χ3n) is 3.00. The van der Waals surface area contributed by atoms with E-state index in [0.29, 0.717) is 10.6 Å². The minimum atomic E-state index is -0.256. The average molecular weight is 309 g/mol. The van der Waals surface area contributed by atoms with E-state index in [4.69, 9.17) is 4.74 Å². The van der Waals surface area contributed by atoms with Crippen molar-refractivity contribution < 1.29 is 9.53 Å². The van der Waals surface area contributed by atoms with Crippen LogP contribution in [0.5, 0.6) is 0 Å². The molecule has 21 heavy (non-hydrogen) atoms. The molecule has 2 rings (SSSR count). The average Bonchev–Trinajstić information content (AvgIpc) is 3.04. The first-order chi connectivity index (χ1) is 9.92. The molecule has 0 aromatic carbocycles. The number of carbonyl (C=O) groups excluding carboxylic acids is 1. The summed E-state index contributed by atoms with van der Waals surface area (Å²) in [4.78, 5) is 21.4. The SMILES string of the molecule is CO[C@H](C)c1nc(C)c(C(=O)Nc2n[nH]c(C(C)C)n2)s1. The Morgan fingerprint density at radius 3 is 2.62 bits per heavy atom. The fourth-order valence-electron chi connectivity index (χ4n) is 1.65. The predicted molar refractivity (Wildman–Crippen MR) is 80.7 cm³/mol. The van der Waals surface area contributed by atoms with Gasteiger partial charge in [0, 0.05) is 13.0 Å². The van der Waals surface area contributed by atoms with Gasteiger partial charge in [0.2, 0.25) is 5.95 Å². The molecule has 2 N–H and O–H groups in total. The summed E-state index contributed by atoms with van der Waals surface area (Å²) < 4.78 is 5.22. The maximum atomic E-state index is 12.3. The predicted octanol–water partition coefficient (Wildman–Crippen LogP) is 2.65. The van der Waals surface area contributed by atoms with E-state index in [1.807, 2.05) is 20.8 Å². The summed E-state index contributed by atoms with van der Waals surface area (Å²) in [6.07, 6.45) is -0.133. The van der Waals surface area contributed by atoms with E-state index in [-0.39, 0.29) is 23.9 Å². The molecule has 114 valence electrons. The third kappa shape index (κ3) is 3.45. The molecule has 1 atom stereocenters. The van der Waals surface area contributed by atoms with Gasteiger partial charge in [-0.3, -0.25) is 15.2 Å². The van der Waals surface area contributed by atoms with Crippen LogP contribution in [0, 0.1) is 6.92 Å². The number of aryl methyl sites for hydroxylation is 1. The van der Waals surface area contributed by atoms with Crippen molar-refractivity contribution in [1.82, 2.24) is 20.2 Å². The van der Waals surface area contributed by atoms with Crippen LogP contribution in [-0.2, 0) is 4.74 Å². The lowest BCUT2D eigenvalue weighted by atomic mass is 10.2. The van der Waals surface area contributed by atoms with Gasteiger partial charge in [0.05, 0.1) is 5.69 Å². The normalized spacial score (nSPS) is 12.7. The van der Waals surface area contributed by atoms with Crippen LogP contribution in [-0.4, -0.2) is 33.2 Å².